The number of nitriles is 1. The highest BCUT2D eigenvalue weighted by Gasteiger charge is 2.07. The van der Waals surface area contributed by atoms with E-state index in [-0.39, 0.29) is 5.57 Å². The van der Waals surface area contributed by atoms with E-state index in [9.17, 15) is 4.79 Å². The smallest absolute Gasteiger partial charge is 0.263 e. The molecule has 106 valence electrons. The van der Waals surface area contributed by atoms with Gasteiger partial charge in [-0.1, -0.05) is 26.0 Å². The number of carbonyl (C=O) groups is 1. The minimum atomic E-state index is -0.431. The van der Waals surface area contributed by atoms with Crippen molar-refractivity contribution in [3.8, 4) is 6.07 Å². The molecule has 1 aromatic rings. The largest absolute Gasteiger partial charge is 0.360 e. The van der Waals surface area contributed by atoms with Crippen LogP contribution < -0.4 is 10.6 Å². The molecular weight excluding hydrogens is 274 g/mol. The Kier molecular flexibility index (Phi) is 6.61. The van der Waals surface area contributed by atoms with Gasteiger partial charge >= 0.3 is 0 Å². The summed E-state index contributed by atoms with van der Waals surface area (Å²) in [5.74, 6) is 0.351. The van der Waals surface area contributed by atoms with Gasteiger partial charge in [0.2, 0.25) is 0 Å². The van der Waals surface area contributed by atoms with Crippen LogP contribution in [-0.2, 0) is 4.79 Å². The van der Waals surface area contributed by atoms with Crippen LogP contribution in [0.4, 0.5) is 5.69 Å². The molecule has 0 radical (unpaired) electrons. The fraction of sp³-hybridized carbons (Fsp3) is 0.333. The second-order valence-electron chi connectivity index (χ2n) is 4.54. The lowest BCUT2D eigenvalue weighted by molar-refractivity contribution is -0.117. The molecule has 0 aliphatic rings. The number of hydrogen-bond acceptors (Lipinski definition) is 3. The Bertz CT molecular complexity index is 515. The Morgan fingerprint density at radius 2 is 2.05 bits per heavy atom. The molecule has 1 rings (SSSR count). The molecule has 1 aromatic carbocycles. The van der Waals surface area contributed by atoms with Gasteiger partial charge in [0.15, 0.2) is 0 Å². The summed E-state index contributed by atoms with van der Waals surface area (Å²) in [6.45, 7) is 4.58. The highest BCUT2D eigenvalue weighted by Crippen LogP contribution is 2.17. The van der Waals surface area contributed by atoms with Gasteiger partial charge in [-0.25, -0.2) is 0 Å². The maximum Gasteiger partial charge on any atom is 0.263 e. The van der Waals surface area contributed by atoms with Crippen LogP contribution in [0, 0.1) is 11.3 Å². The van der Waals surface area contributed by atoms with Crippen LogP contribution in [-0.4, -0.2) is 18.3 Å². The van der Waals surface area contributed by atoms with E-state index in [0.717, 1.165) is 5.69 Å². The third kappa shape index (κ3) is 4.94. The summed E-state index contributed by atoms with van der Waals surface area (Å²) in [7, 11) is 0. The Balaban J connectivity index is 2.69. The quantitative estimate of drug-likeness (QED) is 0.481. The summed E-state index contributed by atoms with van der Waals surface area (Å²) in [5.41, 5.74) is 2.08. The first kappa shape index (κ1) is 16.1. The zero-order chi connectivity index (χ0) is 15.0. The van der Waals surface area contributed by atoms with Crippen LogP contribution in [0.15, 0.2) is 36.0 Å². The lowest BCUT2D eigenvalue weighted by Gasteiger charge is -2.07. The van der Waals surface area contributed by atoms with Crippen molar-refractivity contribution in [3.63, 3.8) is 0 Å². The molecule has 0 saturated carbocycles. The SMILES string of the molecule is CC(C)c1ccc(N/C=C(/C#N)C(=O)NCCCl)cc1. The van der Waals surface area contributed by atoms with E-state index in [2.05, 4.69) is 24.5 Å². The number of halogens is 1. The van der Waals surface area contributed by atoms with E-state index in [0.29, 0.717) is 18.3 Å². The molecule has 0 aliphatic carbocycles. The van der Waals surface area contributed by atoms with Gasteiger partial charge < -0.3 is 10.6 Å². The second-order valence-corrected chi connectivity index (χ2v) is 4.91. The fourth-order valence-electron chi connectivity index (χ4n) is 1.52. The van der Waals surface area contributed by atoms with E-state index >= 15 is 0 Å². The predicted molar refractivity (Wildman–Crippen MR) is 81.6 cm³/mol. The number of rotatable bonds is 6. The molecule has 5 heteroatoms. The van der Waals surface area contributed by atoms with Crippen molar-refractivity contribution in [1.82, 2.24) is 5.32 Å². The van der Waals surface area contributed by atoms with Gasteiger partial charge in [-0.15, -0.1) is 11.6 Å². The second kappa shape index (κ2) is 8.23. The summed E-state index contributed by atoms with van der Waals surface area (Å²) >= 11 is 5.47. The van der Waals surface area contributed by atoms with Crippen molar-refractivity contribution in [3.05, 3.63) is 41.6 Å². The van der Waals surface area contributed by atoms with Crippen molar-refractivity contribution in [1.29, 1.82) is 5.26 Å². The van der Waals surface area contributed by atoms with Crippen LogP contribution in [0.1, 0.15) is 25.3 Å². The topological polar surface area (TPSA) is 64.9 Å². The third-order valence-corrected chi connectivity index (χ3v) is 2.89. The van der Waals surface area contributed by atoms with Crippen molar-refractivity contribution in [2.45, 2.75) is 19.8 Å². The minimum Gasteiger partial charge on any atom is -0.360 e. The molecule has 0 aliphatic heterocycles. The van der Waals surface area contributed by atoms with E-state index in [1.54, 1.807) is 0 Å². The maximum absolute atomic E-state index is 11.6. The zero-order valence-electron chi connectivity index (χ0n) is 11.6. The molecular formula is C15H18ClN3O. The van der Waals surface area contributed by atoms with Crippen molar-refractivity contribution in [2.75, 3.05) is 17.7 Å². The summed E-state index contributed by atoms with van der Waals surface area (Å²) in [6, 6.07) is 9.71. The molecule has 2 N–H and O–H groups in total. The van der Waals surface area contributed by atoms with Crippen LogP contribution in [0.5, 0.6) is 0 Å². The van der Waals surface area contributed by atoms with Gasteiger partial charge in [0.25, 0.3) is 5.91 Å². The summed E-state index contributed by atoms with van der Waals surface area (Å²) in [4.78, 5) is 11.6. The van der Waals surface area contributed by atoms with Gasteiger partial charge in [-0.3, -0.25) is 4.79 Å². The number of amides is 1. The molecule has 0 saturated heterocycles. The molecule has 0 spiro atoms. The summed E-state index contributed by atoms with van der Waals surface area (Å²) < 4.78 is 0. The van der Waals surface area contributed by atoms with Crippen molar-refractivity contribution in [2.24, 2.45) is 0 Å². The number of nitrogens with zero attached hydrogens (tertiary/aromatic N) is 1. The number of benzene rings is 1. The first-order chi connectivity index (χ1) is 9.58. The zero-order valence-corrected chi connectivity index (χ0v) is 12.4. The van der Waals surface area contributed by atoms with Gasteiger partial charge in [-0.2, -0.15) is 5.26 Å². The molecule has 0 fully saturated rings. The Morgan fingerprint density at radius 1 is 1.40 bits per heavy atom. The average molecular weight is 292 g/mol. The van der Waals surface area contributed by atoms with E-state index in [1.807, 2.05) is 30.3 Å². The monoisotopic (exact) mass is 291 g/mol. The first-order valence-electron chi connectivity index (χ1n) is 6.39. The van der Waals surface area contributed by atoms with Crippen LogP contribution >= 0.6 is 11.6 Å². The van der Waals surface area contributed by atoms with Crippen molar-refractivity contribution < 1.29 is 4.79 Å². The van der Waals surface area contributed by atoms with Gasteiger partial charge in [0.05, 0.1) is 0 Å². The number of hydrogen-bond donors (Lipinski definition) is 2. The van der Waals surface area contributed by atoms with Crippen molar-refractivity contribution >= 4 is 23.2 Å². The molecule has 20 heavy (non-hydrogen) atoms. The standard InChI is InChI=1S/C15H18ClN3O/c1-11(2)12-3-5-14(6-4-12)19-10-13(9-17)15(20)18-8-7-16/h3-6,10-11,19H,7-8H2,1-2H3,(H,18,20)/b13-10-. The highest BCUT2D eigenvalue weighted by molar-refractivity contribution is 6.18. The number of alkyl halides is 1. The number of carbonyl (C=O) groups excluding carboxylic acids is 1. The Labute approximate surface area is 124 Å². The Morgan fingerprint density at radius 3 is 2.55 bits per heavy atom. The molecule has 1 amide bonds. The fourth-order valence-corrected chi connectivity index (χ4v) is 1.62. The van der Waals surface area contributed by atoms with Crippen LogP contribution in [0.25, 0.3) is 0 Å². The van der Waals surface area contributed by atoms with Gasteiger partial charge in [0, 0.05) is 24.3 Å². The molecule has 0 aromatic heterocycles. The lowest BCUT2D eigenvalue weighted by Crippen LogP contribution is -2.26. The molecule has 0 unspecified atom stereocenters. The van der Waals surface area contributed by atoms with Gasteiger partial charge in [-0.05, 0) is 23.6 Å². The molecule has 4 nitrogen and oxygen atoms in total. The van der Waals surface area contributed by atoms with Crippen LogP contribution in [0.3, 0.4) is 0 Å². The van der Waals surface area contributed by atoms with E-state index in [1.165, 1.54) is 11.8 Å². The third-order valence-electron chi connectivity index (χ3n) is 2.71. The van der Waals surface area contributed by atoms with Crippen LogP contribution in [0.2, 0.25) is 0 Å². The molecule has 0 atom stereocenters. The predicted octanol–water partition coefficient (Wildman–Crippen LogP) is 2.98. The van der Waals surface area contributed by atoms with Gasteiger partial charge in [0.1, 0.15) is 11.6 Å². The number of anilines is 1. The number of nitrogens with one attached hydrogen (secondary N) is 2. The highest BCUT2D eigenvalue weighted by atomic mass is 35.5. The van der Waals surface area contributed by atoms with E-state index < -0.39 is 5.91 Å². The maximum atomic E-state index is 11.6. The summed E-state index contributed by atoms with van der Waals surface area (Å²) in [6.07, 6.45) is 1.40. The first-order valence-corrected chi connectivity index (χ1v) is 6.93. The molecule has 0 heterocycles. The van der Waals surface area contributed by atoms with E-state index in [4.69, 9.17) is 16.9 Å². The summed E-state index contributed by atoms with van der Waals surface area (Å²) in [5, 5.41) is 14.4. The molecule has 0 bridgehead atoms. The average Bonchev–Trinajstić information content (AvgIpc) is 2.46. The lowest BCUT2D eigenvalue weighted by atomic mass is 10.0. The normalized spacial score (nSPS) is 11.1. The Hall–Kier alpha value is -1.99. The minimum absolute atomic E-state index is 0.0167.